The minimum Gasteiger partial charge on any atom is -0.497 e. The molecule has 0 saturated heterocycles. The lowest BCUT2D eigenvalue weighted by atomic mass is 10.0. The van der Waals surface area contributed by atoms with Gasteiger partial charge in [-0.15, -0.1) is 0 Å². The van der Waals surface area contributed by atoms with Crippen molar-refractivity contribution in [3.8, 4) is 17.2 Å². The fraction of sp³-hybridized carbons (Fsp3) is 0.355. The third-order valence-electron chi connectivity index (χ3n) is 6.87. The zero-order valence-electron chi connectivity index (χ0n) is 24.7. The standard InChI is InChI=1S/C31H39N3O7S/c1-33(42(5,37)38)22-30(35)34(21-25-11-14-26(39-2)15-12-25)27(19-23-9-7-6-8-10-23)31(36)32-18-17-24-13-16-28(40-3)29(20-24)41-4/h6-16,20,27H,17-19,21-22H2,1-5H3,(H,32,36). The third-order valence-corrected chi connectivity index (χ3v) is 8.13. The molecule has 10 nitrogen and oxygen atoms in total. The molecule has 1 atom stereocenters. The molecule has 0 bridgehead atoms. The Labute approximate surface area is 248 Å². The van der Waals surface area contributed by atoms with E-state index in [-0.39, 0.29) is 18.9 Å². The van der Waals surface area contributed by atoms with Gasteiger partial charge in [-0.1, -0.05) is 48.5 Å². The minimum atomic E-state index is -3.62. The van der Waals surface area contributed by atoms with Crippen molar-refractivity contribution in [1.82, 2.24) is 14.5 Å². The quantitative estimate of drug-likeness (QED) is 0.287. The van der Waals surface area contributed by atoms with Crippen LogP contribution in [0.25, 0.3) is 0 Å². The number of hydrogen-bond acceptors (Lipinski definition) is 7. The highest BCUT2D eigenvalue weighted by Gasteiger charge is 2.31. The predicted molar refractivity (Wildman–Crippen MR) is 161 cm³/mol. The summed E-state index contributed by atoms with van der Waals surface area (Å²) in [7, 11) is 2.41. The number of carbonyl (C=O) groups is 2. The van der Waals surface area contributed by atoms with Crippen LogP contribution in [0.5, 0.6) is 17.2 Å². The predicted octanol–water partition coefficient (Wildman–Crippen LogP) is 2.90. The molecular formula is C31H39N3O7S. The first-order chi connectivity index (χ1) is 20.0. The molecule has 0 saturated carbocycles. The number of hydrogen-bond donors (Lipinski definition) is 1. The molecule has 2 amide bonds. The van der Waals surface area contributed by atoms with Crippen LogP contribution in [0, 0.1) is 0 Å². The lowest BCUT2D eigenvalue weighted by Crippen LogP contribution is -2.53. The second-order valence-corrected chi connectivity index (χ2v) is 11.9. The van der Waals surface area contributed by atoms with E-state index >= 15 is 0 Å². The van der Waals surface area contributed by atoms with E-state index in [1.807, 2.05) is 60.7 Å². The number of rotatable bonds is 15. The minimum absolute atomic E-state index is 0.0982. The van der Waals surface area contributed by atoms with Gasteiger partial charge in [-0.3, -0.25) is 9.59 Å². The molecular weight excluding hydrogens is 558 g/mol. The highest BCUT2D eigenvalue weighted by molar-refractivity contribution is 7.88. The van der Waals surface area contributed by atoms with Crippen molar-refractivity contribution >= 4 is 21.8 Å². The number of carbonyl (C=O) groups excluding carboxylic acids is 2. The Bertz CT molecular complexity index is 1430. The van der Waals surface area contributed by atoms with Crippen molar-refractivity contribution in [3.05, 3.63) is 89.5 Å². The number of nitrogens with one attached hydrogen (secondary N) is 1. The summed E-state index contributed by atoms with van der Waals surface area (Å²) in [6.45, 7) is 0.00758. The van der Waals surface area contributed by atoms with Crippen LogP contribution >= 0.6 is 0 Å². The molecule has 11 heteroatoms. The summed E-state index contributed by atoms with van der Waals surface area (Å²) in [5.74, 6) is 1.02. The molecule has 0 radical (unpaired) electrons. The zero-order chi connectivity index (χ0) is 30.7. The number of amides is 2. The lowest BCUT2D eigenvalue weighted by molar-refractivity contribution is -0.141. The van der Waals surface area contributed by atoms with Crippen LogP contribution in [0.4, 0.5) is 0 Å². The maximum Gasteiger partial charge on any atom is 0.243 e. The van der Waals surface area contributed by atoms with E-state index in [1.165, 1.54) is 11.9 Å². The van der Waals surface area contributed by atoms with Crippen LogP contribution in [0.15, 0.2) is 72.8 Å². The van der Waals surface area contributed by atoms with Gasteiger partial charge < -0.3 is 24.4 Å². The smallest absolute Gasteiger partial charge is 0.243 e. The first-order valence-electron chi connectivity index (χ1n) is 13.4. The van der Waals surface area contributed by atoms with E-state index in [0.29, 0.717) is 30.2 Å². The number of benzene rings is 3. The van der Waals surface area contributed by atoms with Gasteiger partial charge >= 0.3 is 0 Å². The van der Waals surface area contributed by atoms with E-state index in [9.17, 15) is 18.0 Å². The Morgan fingerprint density at radius 3 is 2.07 bits per heavy atom. The summed E-state index contributed by atoms with van der Waals surface area (Å²) in [6, 6.07) is 21.2. The molecule has 0 spiro atoms. The Hall–Kier alpha value is -4.09. The van der Waals surface area contributed by atoms with E-state index in [1.54, 1.807) is 33.5 Å². The maximum absolute atomic E-state index is 13.8. The molecule has 226 valence electrons. The van der Waals surface area contributed by atoms with E-state index in [0.717, 1.165) is 27.3 Å². The largest absolute Gasteiger partial charge is 0.497 e. The third kappa shape index (κ3) is 9.22. The Morgan fingerprint density at radius 1 is 0.833 bits per heavy atom. The molecule has 0 aliphatic heterocycles. The van der Waals surface area contributed by atoms with E-state index < -0.39 is 28.5 Å². The van der Waals surface area contributed by atoms with E-state index in [2.05, 4.69) is 5.32 Å². The lowest BCUT2D eigenvalue weighted by Gasteiger charge is -2.32. The summed E-state index contributed by atoms with van der Waals surface area (Å²) in [5, 5.41) is 2.98. The molecule has 0 heterocycles. The maximum atomic E-state index is 13.8. The topological polar surface area (TPSA) is 114 Å². The first kappa shape index (κ1) is 32.4. The Balaban J connectivity index is 1.89. The van der Waals surface area contributed by atoms with Crippen LogP contribution < -0.4 is 19.5 Å². The number of likely N-dealkylation sites (N-methyl/N-ethyl adjacent to an activating group) is 1. The second-order valence-electron chi connectivity index (χ2n) is 9.82. The van der Waals surface area contributed by atoms with Crippen LogP contribution in [0.1, 0.15) is 16.7 Å². The van der Waals surface area contributed by atoms with Gasteiger partial charge in [0.05, 0.1) is 34.1 Å². The summed E-state index contributed by atoms with van der Waals surface area (Å²) in [5.41, 5.74) is 2.57. The molecule has 42 heavy (non-hydrogen) atoms. The first-order valence-corrected chi connectivity index (χ1v) is 15.3. The fourth-order valence-electron chi connectivity index (χ4n) is 4.36. The molecule has 0 aliphatic carbocycles. The van der Waals surface area contributed by atoms with Crippen LogP contribution in [-0.2, 0) is 39.0 Å². The van der Waals surface area contributed by atoms with Crippen molar-refractivity contribution in [2.75, 3.05) is 47.7 Å². The number of ether oxygens (including phenoxy) is 3. The molecule has 0 aliphatic rings. The second kappa shape index (κ2) is 15.2. The average molecular weight is 598 g/mol. The molecule has 3 rings (SSSR count). The molecule has 0 aromatic heterocycles. The van der Waals surface area contributed by atoms with Crippen LogP contribution in [0.3, 0.4) is 0 Å². The normalized spacial score (nSPS) is 12.0. The van der Waals surface area contributed by atoms with Gasteiger partial charge in [0.2, 0.25) is 21.8 Å². The summed E-state index contributed by atoms with van der Waals surface area (Å²) >= 11 is 0. The van der Waals surface area contributed by atoms with Crippen LogP contribution in [0.2, 0.25) is 0 Å². The van der Waals surface area contributed by atoms with Crippen molar-refractivity contribution in [1.29, 1.82) is 0 Å². The zero-order valence-corrected chi connectivity index (χ0v) is 25.5. The van der Waals surface area contributed by atoms with Crippen molar-refractivity contribution in [2.45, 2.75) is 25.4 Å². The van der Waals surface area contributed by atoms with Crippen molar-refractivity contribution in [2.24, 2.45) is 0 Å². The van der Waals surface area contributed by atoms with E-state index in [4.69, 9.17) is 14.2 Å². The summed E-state index contributed by atoms with van der Waals surface area (Å²) < 4.78 is 41.2. The van der Waals surface area contributed by atoms with Gasteiger partial charge in [-0.25, -0.2) is 8.42 Å². The van der Waals surface area contributed by atoms with Gasteiger partial charge in [-0.05, 0) is 47.4 Å². The van der Waals surface area contributed by atoms with Gasteiger partial charge in [0.15, 0.2) is 11.5 Å². The van der Waals surface area contributed by atoms with Crippen molar-refractivity contribution in [3.63, 3.8) is 0 Å². The number of nitrogens with zero attached hydrogens (tertiary/aromatic N) is 2. The Morgan fingerprint density at radius 2 is 1.48 bits per heavy atom. The van der Waals surface area contributed by atoms with Crippen LogP contribution in [-0.4, -0.2) is 83.2 Å². The SMILES string of the molecule is COc1ccc(CN(C(=O)CN(C)S(C)(=O)=O)C(Cc2ccccc2)C(=O)NCCc2ccc(OC)c(OC)c2)cc1. The molecule has 3 aromatic rings. The van der Waals surface area contributed by atoms with Gasteiger partial charge in [0, 0.05) is 26.6 Å². The van der Waals surface area contributed by atoms with Gasteiger partial charge in [0.25, 0.3) is 0 Å². The monoisotopic (exact) mass is 597 g/mol. The highest BCUT2D eigenvalue weighted by atomic mass is 32.2. The molecule has 1 unspecified atom stereocenters. The highest BCUT2D eigenvalue weighted by Crippen LogP contribution is 2.27. The molecule has 0 fully saturated rings. The average Bonchev–Trinajstić information content (AvgIpc) is 2.98. The summed E-state index contributed by atoms with van der Waals surface area (Å²) in [4.78, 5) is 28.9. The summed E-state index contributed by atoms with van der Waals surface area (Å²) in [6.07, 6.45) is 1.80. The van der Waals surface area contributed by atoms with Gasteiger partial charge in [-0.2, -0.15) is 4.31 Å². The van der Waals surface area contributed by atoms with Crippen molar-refractivity contribution < 1.29 is 32.2 Å². The number of sulfonamides is 1. The number of methoxy groups -OCH3 is 3. The van der Waals surface area contributed by atoms with Gasteiger partial charge in [0.1, 0.15) is 11.8 Å². The molecule has 3 aromatic carbocycles. The Kier molecular flexibility index (Phi) is 11.8. The molecule has 1 N–H and O–H groups in total. The fourth-order valence-corrected chi connectivity index (χ4v) is 4.71.